The number of amides is 3. The molecule has 3 amide bonds. The van der Waals surface area contributed by atoms with E-state index in [1.807, 2.05) is 66.7 Å². The summed E-state index contributed by atoms with van der Waals surface area (Å²) >= 11 is 6.46. The molecule has 0 saturated heterocycles. The summed E-state index contributed by atoms with van der Waals surface area (Å²) in [5, 5.41) is 6.40. The normalized spacial score (nSPS) is 14.5. The van der Waals surface area contributed by atoms with Crippen molar-refractivity contribution in [2.45, 2.75) is 26.7 Å². The summed E-state index contributed by atoms with van der Waals surface area (Å²) in [4.78, 5) is 53.6. The van der Waals surface area contributed by atoms with Crippen molar-refractivity contribution in [3.8, 4) is 5.75 Å². The number of anilines is 2. The van der Waals surface area contributed by atoms with Gasteiger partial charge in [-0.05, 0) is 47.3 Å². The number of aromatic nitrogens is 2. The monoisotopic (exact) mass is 633 g/mol. The average molecular weight is 634 g/mol. The van der Waals surface area contributed by atoms with Crippen LogP contribution < -0.4 is 20.5 Å². The van der Waals surface area contributed by atoms with Gasteiger partial charge in [0.1, 0.15) is 11.4 Å². The van der Waals surface area contributed by atoms with Crippen LogP contribution in [-0.2, 0) is 4.79 Å². The van der Waals surface area contributed by atoms with Gasteiger partial charge < -0.3 is 25.0 Å². The summed E-state index contributed by atoms with van der Waals surface area (Å²) in [7, 11) is 0. The van der Waals surface area contributed by atoms with E-state index >= 15 is 0 Å². The molecule has 9 nitrogen and oxygen atoms in total. The van der Waals surface area contributed by atoms with Crippen LogP contribution in [0.1, 0.15) is 53.2 Å². The zero-order valence-corrected chi connectivity index (χ0v) is 26.3. The molecule has 1 aliphatic rings. The first-order chi connectivity index (χ1) is 22.1. The van der Waals surface area contributed by atoms with Gasteiger partial charge in [0.15, 0.2) is 5.75 Å². The van der Waals surface area contributed by atoms with Crippen molar-refractivity contribution in [3.63, 3.8) is 0 Å². The minimum absolute atomic E-state index is 0.0976. The van der Waals surface area contributed by atoms with Gasteiger partial charge in [-0.3, -0.25) is 14.4 Å². The molecule has 2 aromatic heterocycles. The van der Waals surface area contributed by atoms with Gasteiger partial charge in [0, 0.05) is 62.7 Å². The Morgan fingerprint density at radius 3 is 2.33 bits per heavy atom. The van der Waals surface area contributed by atoms with E-state index < -0.39 is 5.41 Å². The van der Waals surface area contributed by atoms with Gasteiger partial charge in [-0.1, -0.05) is 63.2 Å². The quantitative estimate of drug-likeness (QED) is 0.112. The van der Waals surface area contributed by atoms with E-state index in [2.05, 4.69) is 20.8 Å². The lowest BCUT2D eigenvalue weighted by molar-refractivity contribution is -0.135. The fourth-order valence-corrected chi connectivity index (χ4v) is 6.19. The molecular weight excluding hydrogens is 602 g/mol. The van der Waals surface area contributed by atoms with Gasteiger partial charge in [-0.25, -0.2) is 0 Å². The van der Waals surface area contributed by atoms with Gasteiger partial charge in [-0.15, -0.1) is 11.6 Å². The van der Waals surface area contributed by atoms with Gasteiger partial charge >= 0.3 is 0 Å². The topological polar surface area (TPSA) is 119 Å². The first-order valence-electron chi connectivity index (χ1n) is 15.0. The fourth-order valence-electron chi connectivity index (χ4n) is 5.94. The molecule has 232 valence electrons. The number of fused-ring (bicyclic) bond motifs is 5. The molecule has 4 aromatic carbocycles. The molecule has 0 saturated carbocycles. The number of rotatable bonds is 6. The summed E-state index contributed by atoms with van der Waals surface area (Å²) < 4.78 is 0. The maximum Gasteiger partial charge on any atom is 0.274 e. The minimum atomic E-state index is -0.646. The third-order valence-corrected chi connectivity index (χ3v) is 8.75. The summed E-state index contributed by atoms with van der Waals surface area (Å²) in [6.07, 6.45) is 0. The number of alkyl halides is 1. The first-order valence-corrected chi connectivity index (χ1v) is 15.6. The predicted octanol–water partition coefficient (Wildman–Crippen LogP) is 7.49. The van der Waals surface area contributed by atoms with Crippen molar-refractivity contribution in [3.05, 3.63) is 102 Å². The van der Waals surface area contributed by atoms with E-state index in [4.69, 9.17) is 16.4 Å². The molecule has 0 spiro atoms. The SMILES string of the molecule is CC(C)(C)C(=O)NOc1cc2c(c3ccccc13)[C@H](CCl)CN2C(=O)c1cc2cc(NC(=O)c3cc4ccccc4[nH]3)ccc2[nH]1. The van der Waals surface area contributed by atoms with Crippen LogP contribution >= 0.6 is 11.6 Å². The molecule has 7 rings (SSSR count). The van der Waals surface area contributed by atoms with Crippen LogP contribution in [0.4, 0.5) is 11.4 Å². The number of para-hydroxylation sites is 1. The zero-order valence-electron chi connectivity index (χ0n) is 25.5. The van der Waals surface area contributed by atoms with Crippen LogP contribution in [0.2, 0.25) is 0 Å². The molecule has 1 aliphatic heterocycles. The molecule has 10 heteroatoms. The Balaban J connectivity index is 1.18. The number of hydroxylamine groups is 1. The third kappa shape index (κ3) is 5.22. The molecule has 3 heterocycles. The lowest BCUT2D eigenvalue weighted by Gasteiger charge is -2.21. The number of carbonyl (C=O) groups excluding carboxylic acids is 3. The van der Waals surface area contributed by atoms with Crippen molar-refractivity contribution in [1.82, 2.24) is 15.4 Å². The number of aromatic amines is 2. The van der Waals surface area contributed by atoms with Crippen molar-refractivity contribution < 1.29 is 19.2 Å². The molecule has 6 aromatic rings. The van der Waals surface area contributed by atoms with Crippen LogP contribution in [0.15, 0.2) is 84.9 Å². The van der Waals surface area contributed by atoms with Gasteiger partial charge in [0.05, 0.1) is 5.69 Å². The molecule has 0 unspecified atom stereocenters. The van der Waals surface area contributed by atoms with E-state index in [1.165, 1.54) is 0 Å². The lowest BCUT2D eigenvalue weighted by atomic mass is 9.95. The molecule has 0 aliphatic carbocycles. The number of hydrogen-bond donors (Lipinski definition) is 4. The van der Waals surface area contributed by atoms with Crippen molar-refractivity contribution >= 4 is 73.3 Å². The van der Waals surface area contributed by atoms with Gasteiger partial charge in [-0.2, -0.15) is 5.48 Å². The highest BCUT2D eigenvalue weighted by Crippen LogP contribution is 2.46. The molecule has 1 atom stereocenters. The molecule has 0 bridgehead atoms. The second-order valence-corrected chi connectivity index (χ2v) is 12.9. The molecule has 0 fully saturated rings. The standard InChI is InChI=1S/C36H32ClN5O4/c1-36(2,3)35(45)41-46-31-17-30-32(25-10-6-5-9-24(25)31)22(18-37)19-42(30)34(44)29-16-21-14-23(12-13-27(21)40-29)38-33(43)28-15-20-8-4-7-11-26(20)39-28/h4-17,22,39-40H,18-19H2,1-3H3,(H,38,43)(H,41,45)/t22-/m1/s1. The van der Waals surface area contributed by atoms with Crippen molar-refractivity contribution in [2.75, 3.05) is 22.6 Å². The third-order valence-electron chi connectivity index (χ3n) is 8.38. The van der Waals surface area contributed by atoms with E-state index in [0.717, 1.165) is 38.1 Å². The molecule has 4 N–H and O–H groups in total. The fraction of sp³-hybridized carbons (Fsp3) is 0.194. The Morgan fingerprint density at radius 1 is 0.870 bits per heavy atom. The summed E-state index contributed by atoms with van der Waals surface area (Å²) in [6, 6.07) is 26.3. The van der Waals surface area contributed by atoms with Gasteiger partial charge in [0.25, 0.3) is 17.7 Å². The minimum Gasteiger partial charge on any atom is -0.379 e. The Morgan fingerprint density at radius 2 is 1.57 bits per heavy atom. The van der Waals surface area contributed by atoms with Crippen molar-refractivity contribution in [2.24, 2.45) is 5.41 Å². The lowest BCUT2D eigenvalue weighted by Crippen LogP contribution is -2.37. The summed E-state index contributed by atoms with van der Waals surface area (Å²) in [5.41, 5.74) is 6.67. The average Bonchev–Trinajstić information content (AvgIpc) is 3.77. The maximum absolute atomic E-state index is 14.1. The predicted molar refractivity (Wildman–Crippen MR) is 182 cm³/mol. The highest BCUT2D eigenvalue weighted by atomic mass is 35.5. The molecule has 0 radical (unpaired) electrons. The second-order valence-electron chi connectivity index (χ2n) is 12.6. The Hall–Kier alpha value is -5.28. The Bertz CT molecular complexity index is 2140. The number of benzene rings is 4. The van der Waals surface area contributed by atoms with Crippen LogP contribution in [-0.4, -0.2) is 40.1 Å². The number of nitrogens with one attached hydrogen (secondary N) is 4. The Labute approximate surface area is 269 Å². The summed E-state index contributed by atoms with van der Waals surface area (Å²) in [6.45, 7) is 5.80. The largest absolute Gasteiger partial charge is 0.379 e. The van der Waals surface area contributed by atoms with Crippen molar-refractivity contribution in [1.29, 1.82) is 0 Å². The number of hydrogen-bond acceptors (Lipinski definition) is 4. The molecular formula is C36H32ClN5O4. The van der Waals surface area contributed by atoms with Crippen LogP contribution in [0, 0.1) is 5.41 Å². The maximum atomic E-state index is 14.1. The van der Waals surface area contributed by atoms with Crippen LogP contribution in [0.3, 0.4) is 0 Å². The van der Waals surface area contributed by atoms with E-state index in [0.29, 0.717) is 40.9 Å². The van der Waals surface area contributed by atoms with E-state index in [-0.39, 0.29) is 23.6 Å². The van der Waals surface area contributed by atoms with Gasteiger partial charge in [0.2, 0.25) is 0 Å². The number of carbonyl (C=O) groups is 3. The highest BCUT2D eigenvalue weighted by Gasteiger charge is 2.36. The van der Waals surface area contributed by atoms with E-state index in [1.54, 1.807) is 43.9 Å². The number of nitrogens with zero attached hydrogens (tertiary/aromatic N) is 1. The van der Waals surface area contributed by atoms with E-state index in [9.17, 15) is 14.4 Å². The smallest absolute Gasteiger partial charge is 0.274 e. The van der Waals surface area contributed by atoms with Crippen LogP contribution in [0.5, 0.6) is 5.75 Å². The number of halogens is 1. The molecule has 46 heavy (non-hydrogen) atoms. The summed E-state index contributed by atoms with van der Waals surface area (Å²) in [5.74, 6) is -0.0839. The second kappa shape index (κ2) is 11.3. The number of H-pyrrole nitrogens is 2. The van der Waals surface area contributed by atoms with Crippen LogP contribution in [0.25, 0.3) is 32.6 Å². The zero-order chi connectivity index (χ0) is 32.2. The first kappa shape index (κ1) is 29.4. The Kier molecular flexibility index (Phi) is 7.21. The highest BCUT2D eigenvalue weighted by molar-refractivity contribution is 6.19.